The van der Waals surface area contributed by atoms with Crippen LogP contribution < -0.4 is 11.5 Å². The highest BCUT2D eigenvalue weighted by Gasteiger charge is 2.18. The molecular formula is C6H12N2O6S3. The quantitative estimate of drug-likeness (QED) is 0.244. The van der Waals surface area contributed by atoms with Gasteiger partial charge in [0.1, 0.15) is 12.1 Å². The molecule has 0 bridgehead atoms. The maximum atomic E-state index is 10.9. The van der Waals surface area contributed by atoms with Gasteiger partial charge < -0.3 is 20.8 Å². The van der Waals surface area contributed by atoms with E-state index in [0.717, 1.165) is 21.6 Å². The van der Waals surface area contributed by atoms with Gasteiger partial charge in [0.25, 0.3) is 0 Å². The summed E-state index contributed by atoms with van der Waals surface area (Å²) >= 11 is -2.68. The minimum Gasteiger partial charge on any atom is -0.480 e. The standard InChI is InChI=1S/C6H12N2O6S3/c7-3(5(9)10)1-15-16-2-4(8)6(11)14-17(12)13/h3-4H,1-2,7-8H2,(H,9,10)(H,12,13). The minimum atomic E-state index is -2.68. The van der Waals surface area contributed by atoms with Crippen molar-refractivity contribution in [2.75, 3.05) is 11.5 Å². The van der Waals surface area contributed by atoms with Crippen molar-refractivity contribution in [3.05, 3.63) is 0 Å². The van der Waals surface area contributed by atoms with E-state index in [-0.39, 0.29) is 11.5 Å². The van der Waals surface area contributed by atoms with Crippen LogP contribution in [-0.2, 0) is 25.1 Å². The summed E-state index contributed by atoms with van der Waals surface area (Å²) in [5.41, 5.74) is 10.6. The van der Waals surface area contributed by atoms with Crippen LogP contribution in [0, 0.1) is 0 Å². The summed E-state index contributed by atoms with van der Waals surface area (Å²) in [5, 5.41) is 8.47. The topological polar surface area (TPSA) is 153 Å². The lowest BCUT2D eigenvalue weighted by Gasteiger charge is -2.09. The fourth-order valence-corrected chi connectivity index (χ4v) is 3.00. The van der Waals surface area contributed by atoms with Crippen LogP contribution in [0.25, 0.3) is 0 Å². The zero-order valence-electron chi connectivity index (χ0n) is 8.48. The summed E-state index contributed by atoms with van der Waals surface area (Å²) in [6, 6.07) is -2.04. The van der Waals surface area contributed by atoms with Crippen LogP contribution in [0.15, 0.2) is 0 Å². The van der Waals surface area contributed by atoms with E-state index < -0.39 is 35.4 Å². The van der Waals surface area contributed by atoms with Crippen LogP contribution in [-0.4, -0.2) is 49.4 Å². The molecule has 0 amide bonds. The zero-order chi connectivity index (χ0) is 13.4. The smallest absolute Gasteiger partial charge is 0.360 e. The van der Waals surface area contributed by atoms with Gasteiger partial charge in [-0.1, -0.05) is 21.6 Å². The molecular weight excluding hydrogens is 292 g/mol. The van der Waals surface area contributed by atoms with E-state index >= 15 is 0 Å². The minimum absolute atomic E-state index is 0.118. The number of hydrogen-bond donors (Lipinski definition) is 4. The van der Waals surface area contributed by atoms with Crippen molar-refractivity contribution < 1.29 is 27.6 Å². The highest BCUT2D eigenvalue weighted by atomic mass is 33.1. The first-order chi connectivity index (χ1) is 7.84. The third kappa shape index (κ3) is 8.40. The molecule has 0 aliphatic carbocycles. The van der Waals surface area contributed by atoms with Gasteiger partial charge in [0.15, 0.2) is 0 Å². The first-order valence-electron chi connectivity index (χ1n) is 4.16. The summed E-state index contributed by atoms with van der Waals surface area (Å²) in [6.45, 7) is 0. The second-order valence-corrected chi connectivity index (χ2v) is 5.89. The van der Waals surface area contributed by atoms with Crippen molar-refractivity contribution in [3.63, 3.8) is 0 Å². The highest BCUT2D eigenvalue weighted by Crippen LogP contribution is 2.22. The van der Waals surface area contributed by atoms with E-state index in [0.29, 0.717) is 0 Å². The van der Waals surface area contributed by atoms with Crippen molar-refractivity contribution in [2.24, 2.45) is 11.5 Å². The molecule has 6 N–H and O–H groups in total. The van der Waals surface area contributed by atoms with Gasteiger partial charge in [0.2, 0.25) is 0 Å². The van der Waals surface area contributed by atoms with Crippen molar-refractivity contribution in [1.82, 2.24) is 0 Å². The van der Waals surface area contributed by atoms with Gasteiger partial charge in [-0.2, -0.15) is 4.21 Å². The summed E-state index contributed by atoms with van der Waals surface area (Å²) in [7, 11) is 2.27. The van der Waals surface area contributed by atoms with E-state index in [1.807, 2.05) is 0 Å². The van der Waals surface area contributed by atoms with Crippen LogP contribution in [0.3, 0.4) is 0 Å². The summed E-state index contributed by atoms with van der Waals surface area (Å²) in [4.78, 5) is 21.3. The van der Waals surface area contributed by atoms with Crippen LogP contribution in [0.4, 0.5) is 0 Å². The number of aliphatic carboxylic acids is 1. The predicted molar refractivity (Wildman–Crippen MR) is 65.4 cm³/mol. The Balaban J connectivity index is 3.71. The molecule has 0 heterocycles. The number of rotatable bonds is 8. The molecule has 3 unspecified atom stereocenters. The highest BCUT2D eigenvalue weighted by molar-refractivity contribution is 8.76. The van der Waals surface area contributed by atoms with Crippen molar-refractivity contribution in [1.29, 1.82) is 0 Å². The number of nitrogens with two attached hydrogens (primary N) is 2. The molecule has 11 heteroatoms. The Morgan fingerprint density at radius 1 is 1.24 bits per heavy atom. The number of carbonyl (C=O) groups is 2. The number of hydrogen-bond acceptors (Lipinski definition) is 8. The molecule has 0 rings (SSSR count). The molecule has 0 radical (unpaired) electrons. The fourth-order valence-electron chi connectivity index (χ4n) is 0.514. The summed E-state index contributed by atoms with van der Waals surface area (Å²) < 4.78 is 22.3. The maximum Gasteiger partial charge on any atom is 0.360 e. The third-order valence-corrected chi connectivity index (χ3v) is 4.13. The molecule has 8 nitrogen and oxygen atoms in total. The third-order valence-electron chi connectivity index (χ3n) is 1.35. The van der Waals surface area contributed by atoms with E-state index in [2.05, 4.69) is 4.18 Å². The van der Waals surface area contributed by atoms with Crippen LogP contribution in [0.1, 0.15) is 0 Å². The Hall–Kier alpha value is -0.330. The Morgan fingerprint density at radius 2 is 1.71 bits per heavy atom. The number of carboxylic acids is 1. The SMILES string of the molecule is NC(CSSCC(N)C(=O)OS(=O)O)C(=O)O. The molecule has 0 spiro atoms. The number of carboxylic acid groups (broad SMARTS) is 1. The van der Waals surface area contributed by atoms with E-state index in [1.54, 1.807) is 0 Å². The van der Waals surface area contributed by atoms with Gasteiger partial charge in [0, 0.05) is 11.5 Å². The largest absolute Gasteiger partial charge is 0.480 e. The zero-order valence-corrected chi connectivity index (χ0v) is 10.9. The van der Waals surface area contributed by atoms with Gasteiger partial charge >= 0.3 is 23.3 Å². The molecule has 0 fully saturated rings. The lowest BCUT2D eigenvalue weighted by atomic mass is 10.4. The van der Waals surface area contributed by atoms with Gasteiger partial charge in [-0.3, -0.25) is 9.35 Å². The van der Waals surface area contributed by atoms with Crippen molar-refractivity contribution in [2.45, 2.75) is 12.1 Å². The van der Waals surface area contributed by atoms with E-state index in [9.17, 15) is 13.8 Å². The molecule has 3 atom stereocenters. The number of carbonyl (C=O) groups excluding carboxylic acids is 1. The second-order valence-electron chi connectivity index (χ2n) is 2.74. The maximum absolute atomic E-state index is 10.9. The molecule has 0 saturated carbocycles. The van der Waals surface area contributed by atoms with Gasteiger partial charge in [0.05, 0.1) is 0 Å². The summed E-state index contributed by atoms with van der Waals surface area (Å²) in [5.74, 6) is -1.83. The molecule has 0 aromatic heterocycles. The van der Waals surface area contributed by atoms with E-state index in [4.69, 9.17) is 21.1 Å². The Kier molecular flexibility index (Phi) is 8.55. The fraction of sp³-hybridized carbons (Fsp3) is 0.667. The first-order valence-corrected chi connectivity index (χ1v) is 7.68. The predicted octanol–water partition coefficient (Wildman–Crippen LogP) is -1.21. The lowest BCUT2D eigenvalue weighted by Crippen LogP contribution is -2.35. The van der Waals surface area contributed by atoms with Crippen LogP contribution in [0.5, 0.6) is 0 Å². The molecule has 0 saturated heterocycles. The monoisotopic (exact) mass is 304 g/mol. The Morgan fingerprint density at radius 3 is 2.12 bits per heavy atom. The molecule has 0 aromatic carbocycles. The molecule has 0 aliphatic heterocycles. The molecule has 0 aliphatic rings. The van der Waals surface area contributed by atoms with E-state index in [1.165, 1.54) is 0 Å². The molecule has 100 valence electrons. The van der Waals surface area contributed by atoms with Gasteiger partial charge in [-0.15, -0.1) is 0 Å². The average Bonchev–Trinajstić information content (AvgIpc) is 2.22. The lowest BCUT2D eigenvalue weighted by molar-refractivity contribution is -0.138. The molecule has 0 aromatic rings. The van der Waals surface area contributed by atoms with Gasteiger partial charge in [-0.05, 0) is 0 Å². The van der Waals surface area contributed by atoms with Crippen LogP contribution >= 0.6 is 21.6 Å². The molecule has 17 heavy (non-hydrogen) atoms. The second kappa shape index (κ2) is 8.72. The average molecular weight is 304 g/mol. The van der Waals surface area contributed by atoms with Crippen molar-refractivity contribution >= 4 is 44.9 Å². The Labute approximate surface area is 108 Å². The van der Waals surface area contributed by atoms with Gasteiger partial charge in [-0.25, -0.2) is 4.79 Å². The van der Waals surface area contributed by atoms with Crippen LogP contribution in [0.2, 0.25) is 0 Å². The summed E-state index contributed by atoms with van der Waals surface area (Å²) in [6.07, 6.45) is 0. The van der Waals surface area contributed by atoms with Crippen molar-refractivity contribution in [3.8, 4) is 0 Å². The Bertz CT molecular complexity index is 301. The first kappa shape index (κ1) is 16.7. The normalized spacial score (nSPS) is 15.9.